The molecule has 18 heavy (non-hydrogen) atoms. The van der Waals surface area contributed by atoms with Crippen LogP contribution in [0, 0.1) is 0 Å². The second kappa shape index (κ2) is 4.53. The van der Waals surface area contributed by atoms with E-state index in [0.717, 1.165) is 11.0 Å². The molecule has 1 fully saturated rings. The predicted molar refractivity (Wildman–Crippen MR) is 69.6 cm³/mol. The summed E-state index contributed by atoms with van der Waals surface area (Å²) in [5.41, 5.74) is 6.77. The van der Waals surface area contributed by atoms with E-state index in [2.05, 4.69) is 5.16 Å². The maximum Gasteiger partial charge on any atom is 0.491 e. The van der Waals surface area contributed by atoms with Crippen molar-refractivity contribution in [2.24, 2.45) is 5.73 Å². The number of nitrogens with two attached hydrogens (primary N) is 1. The largest absolute Gasteiger partial charge is 0.491 e. The molecule has 2 heterocycles. The van der Waals surface area contributed by atoms with Crippen molar-refractivity contribution in [1.82, 2.24) is 5.16 Å². The summed E-state index contributed by atoms with van der Waals surface area (Å²) in [4.78, 5) is 0. The lowest BCUT2D eigenvalue weighted by molar-refractivity contribution is 0.00578. The summed E-state index contributed by atoms with van der Waals surface area (Å²) in [5.74, 6) is 0. The van der Waals surface area contributed by atoms with Gasteiger partial charge < -0.3 is 19.6 Å². The molecular weight excluding hydrogens is 231 g/mol. The fourth-order valence-corrected chi connectivity index (χ4v) is 1.72. The molecule has 1 aliphatic rings. The molecule has 5 nitrogen and oxygen atoms in total. The van der Waals surface area contributed by atoms with Crippen molar-refractivity contribution in [3.8, 4) is 0 Å². The van der Waals surface area contributed by atoms with Crippen LogP contribution in [0.25, 0.3) is 6.08 Å². The number of hydrogen-bond acceptors (Lipinski definition) is 5. The van der Waals surface area contributed by atoms with Crippen LogP contribution < -0.4 is 5.73 Å². The van der Waals surface area contributed by atoms with Crippen molar-refractivity contribution < 1.29 is 13.8 Å². The fraction of sp³-hybridized carbons (Fsp3) is 0.583. The highest BCUT2D eigenvalue weighted by Crippen LogP contribution is 2.38. The molecule has 1 saturated heterocycles. The Balaban J connectivity index is 2.22. The molecule has 1 aliphatic heterocycles. The smallest absolute Gasteiger partial charge is 0.400 e. The van der Waals surface area contributed by atoms with Crippen LogP contribution in [0.5, 0.6) is 0 Å². The Morgan fingerprint density at radius 1 is 1.33 bits per heavy atom. The number of aromatic nitrogens is 1. The SMILES string of the molecule is CC1(C)OB(C(=Cc2cnoc2)CN)OC1(C)C. The zero-order valence-electron chi connectivity index (χ0n) is 11.3. The second-order valence-electron chi connectivity index (χ2n) is 5.47. The molecule has 0 aromatic carbocycles. The van der Waals surface area contributed by atoms with Crippen LogP contribution >= 0.6 is 0 Å². The highest BCUT2D eigenvalue weighted by atomic mass is 16.7. The molecule has 0 atom stereocenters. The first-order chi connectivity index (χ1) is 8.36. The van der Waals surface area contributed by atoms with Gasteiger partial charge in [0.15, 0.2) is 0 Å². The van der Waals surface area contributed by atoms with Crippen molar-refractivity contribution >= 4 is 13.2 Å². The minimum Gasteiger partial charge on any atom is -0.400 e. The van der Waals surface area contributed by atoms with Gasteiger partial charge >= 0.3 is 7.12 Å². The maximum atomic E-state index is 5.94. The molecule has 1 aromatic rings. The summed E-state index contributed by atoms with van der Waals surface area (Å²) >= 11 is 0. The van der Waals surface area contributed by atoms with Gasteiger partial charge in [-0.25, -0.2) is 0 Å². The zero-order chi connectivity index (χ0) is 13.4. The van der Waals surface area contributed by atoms with Gasteiger partial charge in [0.25, 0.3) is 0 Å². The topological polar surface area (TPSA) is 70.5 Å². The van der Waals surface area contributed by atoms with E-state index in [1.807, 2.05) is 33.8 Å². The summed E-state index contributed by atoms with van der Waals surface area (Å²) in [6, 6.07) is 0. The molecule has 0 bridgehead atoms. The third-order valence-corrected chi connectivity index (χ3v) is 3.60. The van der Waals surface area contributed by atoms with Crippen LogP contribution in [0.1, 0.15) is 33.3 Å². The molecule has 0 spiro atoms. The monoisotopic (exact) mass is 250 g/mol. The van der Waals surface area contributed by atoms with Crippen LogP contribution in [-0.2, 0) is 9.31 Å². The van der Waals surface area contributed by atoms with Gasteiger partial charge in [0, 0.05) is 12.1 Å². The van der Waals surface area contributed by atoms with Crippen molar-refractivity contribution in [3.63, 3.8) is 0 Å². The third-order valence-electron chi connectivity index (χ3n) is 3.60. The molecule has 2 rings (SSSR count). The van der Waals surface area contributed by atoms with Crippen molar-refractivity contribution in [1.29, 1.82) is 0 Å². The molecule has 0 radical (unpaired) electrons. The van der Waals surface area contributed by atoms with Gasteiger partial charge in [-0.05, 0) is 33.2 Å². The van der Waals surface area contributed by atoms with Gasteiger partial charge in [-0.15, -0.1) is 0 Å². The lowest BCUT2D eigenvalue weighted by Gasteiger charge is -2.32. The van der Waals surface area contributed by atoms with E-state index in [0.29, 0.717) is 6.54 Å². The van der Waals surface area contributed by atoms with Gasteiger partial charge in [0.05, 0.1) is 17.4 Å². The van der Waals surface area contributed by atoms with E-state index >= 15 is 0 Å². The summed E-state index contributed by atoms with van der Waals surface area (Å²) in [6.45, 7) is 8.42. The molecule has 0 unspecified atom stereocenters. The molecule has 1 aromatic heterocycles. The van der Waals surface area contributed by atoms with Crippen LogP contribution in [0.3, 0.4) is 0 Å². The zero-order valence-corrected chi connectivity index (χ0v) is 11.3. The minimum absolute atomic E-state index is 0.361. The van der Waals surface area contributed by atoms with E-state index in [1.165, 1.54) is 0 Å². The Morgan fingerprint density at radius 2 is 1.94 bits per heavy atom. The van der Waals surface area contributed by atoms with E-state index in [9.17, 15) is 0 Å². The van der Waals surface area contributed by atoms with E-state index in [4.69, 9.17) is 19.6 Å². The van der Waals surface area contributed by atoms with Crippen molar-refractivity contribution in [2.45, 2.75) is 38.9 Å². The van der Waals surface area contributed by atoms with Crippen LogP contribution in [-0.4, -0.2) is 30.0 Å². The van der Waals surface area contributed by atoms with Gasteiger partial charge in [-0.3, -0.25) is 0 Å². The van der Waals surface area contributed by atoms with Gasteiger partial charge in [0.2, 0.25) is 0 Å². The molecule has 98 valence electrons. The molecular formula is C12H19BN2O3. The summed E-state index contributed by atoms with van der Waals surface area (Å²) < 4.78 is 16.7. The van der Waals surface area contributed by atoms with Crippen molar-refractivity contribution in [3.05, 3.63) is 23.5 Å². The van der Waals surface area contributed by atoms with Crippen LogP contribution in [0.4, 0.5) is 0 Å². The Hall–Kier alpha value is -1.11. The number of rotatable bonds is 3. The molecule has 0 saturated carbocycles. The van der Waals surface area contributed by atoms with E-state index in [1.54, 1.807) is 12.5 Å². The Kier molecular flexibility index (Phi) is 3.36. The standard InChI is InChI=1S/C12H19BN2O3/c1-11(2)12(3,4)18-13(17-11)10(6-14)5-9-7-15-16-8-9/h5,7-8H,6,14H2,1-4H3. The first-order valence-corrected chi connectivity index (χ1v) is 6.01. The van der Waals surface area contributed by atoms with Crippen molar-refractivity contribution in [2.75, 3.05) is 6.54 Å². The second-order valence-corrected chi connectivity index (χ2v) is 5.47. The quantitative estimate of drug-likeness (QED) is 0.826. The van der Waals surface area contributed by atoms with Crippen LogP contribution in [0.15, 0.2) is 22.5 Å². The average molecular weight is 250 g/mol. The Bertz CT molecular complexity index is 424. The highest BCUT2D eigenvalue weighted by molar-refractivity contribution is 6.55. The molecule has 6 heteroatoms. The number of hydrogen-bond donors (Lipinski definition) is 1. The minimum atomic E-state index is -0.421. The Morgan fingerprint density at radius 3 is 2.39 bits per heavy atom. The molecule has 2 N–H and O–H groups in total. The maximum absolute atomic E-state index is 5.94. The number of nitrogens with zero attached hydrogens (tertiary/aromatic N) is 1. The summed E-state index contributed by atoms with van der Waals surface area (Å²) in [7, 11) is -0.421. The van der Waals surface area contributed by atoms with E-state index < -0.39 is 7.12 Å². The third kappa shape index (κ3) is 2.36. The molecule has 0 aliphatic carbocycles. The average Bonchev–Trinajstić information content (AvgIpc) is 2.82. The van der Waals surface area contributed by atoms with Gasteiger partial charge in [0.1, 0.15) is 6.26 Å². The predicted octanol–water partition coefficient (Wildman–Crippen LogP) is 1.65. The highest BCUT2D eigenvalue weighted by Gasteiger charge is 2.52. The fourth-order valence-electron chi connectivity index (χ4n) is 1.72. The van der Waals surface area contributed by atoms with Crippen LogP contribution in [0.2, 0.25) is 0 Å². The summed E-state index contributed by atoms with van der Waals surface area (Å²) in [6.07, 6.45) is 5.07. The lowest BCUT2D eigenvalue weighted by atomic mass is 9.77. The summed E-state index contributed by atoms with van der Waals surface area (Å²) in [5, 5.41) is 3.65. The lowest BCUT2D eigenvalue weighted by Crippen LogP contribution is -2.41. The van der Waals surface area contributed by atoms with Gasteiger partial charge in [-0.1, -0.05) is 11.2 Å². The van der Waals surface area contributed by atoms with Gasteiger partial charge in [-0.2, -0.15) is 0 Å². The first-order valence-electron chi connectivity index (χ1n) is 6.01. The normalized spacial score (nSPS) is 22.5. The first kappa shape index (κ1) is 13.3. The molecule has 0 amide bonds. The Labute approximate surface area is 107 Å². The van der Waals surface area contributed by atoms with E-state index in [-0.39, 0.29) is 11.2 Å².